The van der Waals surface area contributed by atoms with Crippen molar-refractivity contribution >= 4 is 0 Å². The Balaban J connectivity index is 2.38. The van der Waals surface area contributed by atoms with E-state index in [-0.39, 0.29) is 0 Å². The van der Waals surface area contributed by atoms with E-state index >= 15 is 0 Å². The second-order valence-corrected chi connectivity index (χ2v) is 6.25. The summed E-state index contributed by atoms with van der Waals surface area (Å²) in [4.78, 5) is 0. The van der Waals surface area contributed by atoms with Gasteiger partial charge in [-0.2, -0.15) is 0 Å². The third kappa shape index (κ3) is 5.68. The second-order valence-electron chi connectivity index (χ2n) is 6.25. The minimum Gasteiger partial charge on any atom is -0.317 e. The van der Waals surface area contributed by atoms with Crippen LogP contribution in [0.25, 0.3) is 0 Å². The molecule has 0 aliphatic carbocycles. The van der Waals surface area contributed by atoms with Crippen molar-refractivity contribution in [2.45, 2.75) is 47.0 Å². The molecule has 0 amide bonds. The van der Waals surface area contributed by atoms with Crippen molar-refractivity contribution in [2.24, 2.45) is 11.3 Å². The van der Waals surface area contributed by atoms with Crippen LogP contribution in [0, 0.1) is 11.3 Å². The SMILES string of the molecule is CCNCC(CCCc1ccccc1)C(C)(C)C. The van der Waals surface area contributed by atoms with Crippen molar-refractivity contribution < 1.29 is 0 Å². The molecule has 0 saturated carbocycles. The molecule has 0 fully saturated rings. The number of nitrogens with one attached hydrogen (secondary N) is 1. The van der Waals surface area contributed by atoms with E-state index in [4.69, 9.17) is 0 Å². The number of rotatable bonds is 7. The molecule has 1 aromatic rings. The topological polar surface area (TPSA) is 12.0 Å². The van der Waals surface area contributed by atoms with Crippen molar-refractivity contribution in [3.8, 4) is 0 Å². The van der Waals surface area contributed by atoms with Crippen molar-refractivity contribution in [3.05, 3.63) is 35.9 Å². The lowest BCUT2D eigenvalue weighted by Crippen LogP contribution is -2.31. The Morgan fingerprint density at radius 2 is 1.78 bits per heavy atom. The standard InChI is InChI=1S/C17H29N/c1-5-18-14-16(17(2,3)4)13-9-12-15-10-7-6-8-11-15/h6-8,10-11,16,18H,5,9,12-14H2,1-4H3. The first-order valence-corrected chi connectivity index (χ1v) is 7.28. The van der Waals surface area contributed by atoms with Crippen LogP contribution in [0.4, 0.5) is 0 Å². The van der Waals surface area contributed by atoms with E-state index in [9.17, 15) is 0 Å². The molecule has 0 heterocycles. The molecule has 1 atom stereocenters. The first-order chi connectivity index (χ1) is 8.54. The highest BCUT2D eigenvalue weighted by molar-refractivity contribution is 5.14. The van der Waals surface area contributed by atoms with Crippen LogP contribution < -0.4 is 5.32 Å². The average molecular weight is 247 g/mol. The summed E-state index contributed by atoms with van der Waals surface area (Å²) in [6.45, 7) is 11.5. The summed E-state index contributed by atoms with van der Waals surface area (Å²) < 4.78 is 0. The molecule has 0 spiro atoms. The summed E-state index contributed by atoms with van der Waals surface area (Å²) in [6.07, 6.45) is 3.81. The van der Waals surface area contributed by atoms with E-state index in [0.29, 0.717) is 5.41 Å². The van der Waals surface area contributed by atoms with E-state index in [0.717, 1.165) is 19.0 Å². The first kappa shape index (κ1) is 15.2. The van der Waals surface area contributed by atoms with E-state index in [1.165, 1.54) is 24.8 Å². The van der Waals surface area contributed by atoms with Crippen molar-refractivity contribution in [3.63, 3.8) is 0 Å². The molecule has 1 rings (SSSR count). The first-order valence-electron chi connectivity index (χ1n) is 7.28. The molecule has 0 aromatic heterocycles. The molecule has 0 radical (unpaired) electrons. The molecular weight excluding hydrogens is 218 g/mol. The quantitative estimate of drug-likeness (QED) is 0.758. The Kier molecular flexibility index (Phi) is 6.42. The zero-order chi connectivity index (χ0) is 13.4. The molecule has 1 heteroatoms. The molecule has 18 heavy (non-hydrogen) atoms. The summed E-state index contributed by atoms with van der Waals surface area (Å²) in [6, 6.07) is 10.8. The smallest absolute Gasteiger partial charge is 0.00156 e. The predicted molar refractivity (Wildman–Crippen MR) is 80.9 cm³/mol. The van der Waals surface area contributed by atoms with Crippen LogP contribution in [-0.2, 0) is 6.42 Å². The van der Waals surface area contributed by atoms with Gasteiger partial charge in [0, 0.05) is 0 Å². The zero-order valence-electron chi connectivity index (χ0n) is 12.5. The Morgan fingerprint density at radius 3 is 2.33 bits per heavy atom. The maximum absolute atomic E-state index is 3.50. The second kappa shape index (κ2) is 7.58. The monoisotopic (exact) mass is 247 g/mol. The number of hydrogen-bond acceptors (Lipinski definition) is 1. The van der Waals surface area contributed by atoms with Crippen LogP contribution >= 0.6 is 0 Å². The highest BCUT2D eigenvalue weighted by atomic mass is 14.8. The van der Waals surface area contributed by atoms with Crippen molar-refractivity contribution in [2.75, 3.05) is 13.1 Å². The van der Waals surface area contributed by atoms with Crippen LogP contribution in [-0.4, -0.2) is 13.1 Å². The Labute approximate surface area is 113 Å². The van der Waals surface area contributed by atoms with Gasteiger partial charge in [-0.25, -0.2) is 0 Å². The predicted octanol–water partition coefficient (Wildman–Crippen LogP) is 4.28. The average Bonchev–Trinajstić information content (AvgIpc) is 2.33. The van der Waals surface area contributed by atoms with Gasteiger partial charge in [-0.05, 0) is 49.2 Å². The maximum atomic E-state index is 3.50. The highest BCUT2D eigenvalue weighted by Gasteiger charge is 2.23. The van der Waals surface area contributed by atoms with E-state index in [2.05, 4.69) is 63.3 Å². The van der Waals surface area contributed by atoms with Gasteiger partial charge >= 0.3 is 0 Å². The van der Waals surface area contributed by atoms with Gasteiger partial charge in [0.05, 0.1) is 0 Å². The zero-order valence-corrected chi connectivity index (χ0v) is 12.5. The number of hydrogen-bond donors (Lipinski definition) is 1. The molecular formula is C17H29N. The van der Waals surface area contributed by atoms with Gasteiger partial charge in [0.2, 0.25) is 0 Å². The summed E-state index contributed by atoms with van der Waals surface area (Å²) in [5, 5.41) is 3.50. The number of aryl methyl sites for hydroxylation is 1. The lowest BCUT2D eigenvalue weighted by molar-refractivity contribution is 0.216. The third-order valence-corrected chi connectivity index (χ3v) is 3.73. The fraction of sp³-hybridized carbons (Fsp3) is 0.647. The highest BCUT2D eigenvalue weighted by Crippen LogP contribution is 2.29. The summed E-state index contributed by atoms with van der Waals surface area (Å²) in [7, 11) is 0. The van der Waals surface area contributed by atoms with Gasteiger partial charge in [0.25, 0.3) is 0 Å². The minimum atomic E-state index is 0.402. The van der Waals surface area contributed by atoms with Crippen LogP contribution in [0.15, 0.2) is 30.3 Å². The van der Waals surface area contributed by atoms with Gasteiger partial charge in [0.1, 0.15) is 0 Å². The van der Waals surface area contributed by atoms with Crippen molar-refractivity contribution in [1.82, 2.24) is 5.32 Å². The molecule has 102 valence electrons. The van der Waals surface area contributed by atoms with Crippen LogP contribution in [0.2, 0.25) is 0 Å². The van der Waals surface area contributed by atoms with Crippen molar-refractivity contribution in [1.29, 1.82) is 0 Å². The van der Waals surface area contributed by atoms with E-state index in [1.54, 1.807) is 0 Å². The molecule has 1 nitrogen and oxygen atoms in total. The molecule has 0 aliphatic heterocycles. The summed E-state index contributed by atoms with van der Waals surface area (Å²) >= 11 is 0. The normalized spacial score (nSPS) is 13.6. The third-order valence-electron chi connectivity index (χ3n) is 3.73. The molecule has 1 aromatic carbocycles. The molecule has 0 saturated heterocycles. The molecule has 0 aliphatic rings. The Bertz CT molecular complexity index is 310. The molecule has 0 bridgehead atoms. The summed E-state index contributed by atoms with van der Waals surface area (Å²) in [5.41, 5.74) is 1.87. The van der Waals surface area contributed by atoms with Gasteiger partial charge in [-0.3, -0.25) is 0 Å². The van der Waals surface area contributed by atoms with Crippen LogP contribution in [0.1, 0.15) is 46.1 Å². The fourth-order valence-electron chi connectivity index (χ4n) is 2.36. The number of benzene rings is 1. The van der Waals surface area contributed by atoms with Gasteiger partial charge in [-0.15, -0.1) is 0 Å². The minimum absolute atomic E-state index is 0.402. The van der Waals surface area contributed by atoms with E-state index < -0.39 is 0 Å². The van der Waals surface area contributed by atoms with Crippen LogP contribution in [0.3, 0.4) is 0 Å². The van der Waals surface area contributed by atoms with Gasteiger partial charge < -0.3 is 5.32 Å². The van der Waals surface area contributed by atoms with Crippen LogP contribution in [0.5, 0.6) is 0 Å². The Hall–Kier alpha value is -0.820. The van der Waals surface area contributed by atoms with Gasteiger partial charge in [-0.1, -0.05) is 58.0 Å². The fourth-order valence-corrected chi connectivity index (χ4v) is 2.36. The maximum Gasteiger partial charge on any atom is -0.00156 e. The lowest BCUT2D eigenvalue weighted by Gasteiger charge is -2.31. The largest absolute Gasteiger partial charge is 0.317 e. The molecule has 1 unspecified atom stereocenters. The lowest BCUT2D eigenvalue weighted by atomic mass is 9.77. The summed E-state index contributed by atoms with van der Waals surface area (Å²) in [5.74, 6) is 0.765. The Morgan fingerprint density at radius 1 is 1.11 bits per heavy atom. The molecule has 1 N–H and O–H groups in total. The van der Waals surface area contributed by atoms with E-state index in [1.807, 2.05) is 0 Å². The van der Waals surface area contributed by atoms with Gasteiger partial charge in [0.15, 0.2) is 0 Å².